The van der Waals surface area contributed by atoms with Gasteiger partial charge in [0.15, 0.2) is 5.76 Å². The van der Waals surface area contributed by atoms with E-state index in [9.17, 15) is 9.18 Å². The number of furan rings is 1. The highest BCUT2D eigenvalue weighted by atomic mass is 32.1. The van der Waals surface area contributed by atoms with Crippen molar-refractivity contribution in [3.8, 4) is 0 Å². The van der Waals surface area contributed by atoms with Crippen molar-refractivity contribution < 1.29 is 13.6 Å². The highest BCUT2D eigenvalue weighted by Crippen LogP contribution is 2.29. The number of aryl methyl sites for hydroxylation is 1. The van der Waals surface area contributed by atoms with Gasteiger partial charge in [-0.25, -0.2) is 4.39 Å². The number of para-hydroxylation sites is 1. The molecule has 5 heteroatoms. The van der Waals surface area contributed by atoms with E-state index in [0.29, 0.717) is 23.6 Å². The fourth-order valence-corrected chi connectivity index (χ4v) is 3.65. The van der Waals surface area contributed by atoms with Gasteiger partial charge in [-0.15, -0.1) is 11.3 Å². The van der Waals surface area contributed by atoms with E-state index in [2.05, 4.69) is 0 Å². The fraction of sp³-hybridized carbons (Fsp3) is 0.0952. The minimum absolute atomic E-state index is 0.237. The maximum atomic E-state index is 13.3. The monoisotopic (exact) mass is 365 g/mol. The third kappa shape index (κ3) is 3.02. The lowest BCUT2D eigenvalue weighted by Gasteiger charge is -2.21. The highest BCUT2D eigenvalue weighted by Gasteiger charge is 2.25. The molecule has 0 saturated heterocycles. The van der Waals surface area contributed by atoms with Crippen LogP contribution in [0.15, 0.2) is 70.5 Å². The van der Waals surface area contributed by atoms with Crippen molar-refractivity contribution in [2.45, 2.75) is 13.5 Å². The Bertz CT molecular complexity index is 1050. The van der Waals surface area contributed by atoms with Gasteiger partial charge in [0.2, 0.25) is 0 Å². The summed E-state index contributed by atoms with van der Waals surface area (Å²) in [6, 6.07) is 17.4. The van der Waals surface area contributed by atoms with Crippen molar-refractivity contribution in [1.29, 1.82) is 0 Å². The molecule has 4 aromatic rings. The summed E-state index contributed by atoms with van der Waals surface area (Å²) in [5, 5.41) is 2.89. The van der Waals surface area contributed by atoms with Gasteiger partial charge in [0.05, 0.1) is 6.54 Å². The average molecular weight is 365 g/mol. The summed E-state index contributed by atoms with van der Waals surface area (Å²) >= 11 is 1.57. The molecule has 26 heavy (non-hydrogen) atoms. The molecule has 2 aromatic carbocycles. The molecule has 0 fully saturated rings. The van der Waals surface area contributed by atoms with Crippen LogP contribution in [0.1, 0.15) is 21.0 Å². The summed E-state index contributed by atoms with van der Waals surface area (Å²) in [5.74, 6) is -0.261. The molecular formula is C21H16FNO2S. The maximum absolute atomic E-state index is 13.3. The van der Waals surface area contributed by atoms with Crippen LogP contribution in [-0.2, 0) is 6.54 Å². The molecule has 0 aliphatic carbocycles. The molecule has 1 amide bonds. The molecule has 0 atom stereocenters. The first-order valence-corrected chi connectivity index (χ1v) is 9.09. The van der Waals surface area contributed by atoms with Crippen LogP contribution in [0.2, 0.25) is 0 Å². The minimum atomic E-state index is -0.336. The first-order valence-electron chi connectivity index (χ1n) is 8.21. The Morgan fingerprint density at radius 3 is 2.54 bits per heavy atom. The second kappa shape index (κ2) is 6.77. The van der Waals surface area contributed by atoms with E-state index < -0.39 is 0 Å². The molecule has 0 bridgehead atoms. The Morgan fingerprint density at radius 2 is 1.85 bits per heavy atom. The van der Waals surface area contributed by atoms with Crippen molar-refractivity contribution in [3.63, 3.8) is 0 Å². The van der Waals surface area contributed by atoms with E-state index in [4.69, 9.17) is 4.42 Å². The number of hydrogen-bond donors (Lipinski definition) is 0. The van der Waals surface area contributed by atoms with Crippen molar-refractivity contribution in [2.24, 2.45) is 0 Å². The summed E-state index contributed by atoms with van der Waals surface area (Å²) in [4.78, 5) is 15.9. The lowest BCUT2D eigenvalue weighted by atomic mass is 10.1. The third-order valence-electron chi connectivity index (χ3n) is 4.32. The van der Waals surface area contributed by atoms with Crippen molar-refractivity contribution in [1.82, 2.24) is 0 Å². The summed E-state index contributed by atoms with van der Waals surface area (Å²) < 4.78 is 19.2. The molecular weight excluding hydrogens is 349 g/mol. The number of amides is 1. The van der Waals surface area contributed by atoms with Crippen LogP contribution in [0.3, 0.4) is 0 Å². The zero-order valence-electron chi connectivity index (χ0n) is 14.1. The van der Waals surface area contributed by atoms with Gasteiger partial charge in [-0.1, -0.05) is 24.3 Å². The molecule has 0 aliphatic rings. The van der Waals surface area contributed by atoms with E-state index in [0.717, 1.165) is 15.8 Å². The number of hydrogen-bond acceptors (Lipinski definition) is 3. The Hall–Kier alpha value is -2.92. The Balaban J connectivity index is 1.77. The van der Waals surface area contributed by atoms with Crippen molar-refractivity contribution in [3.05, 3.63) is 88.1 Å². The zero-order chi connectivity index (χ0) is 18.1. The number of carbonyl (C=O) groups is 1. The molecule has 3 nitrogen and oxygen atoms in total. The van der Waals surface area contributed by atoms with E-state index in [1.165, 1.54) is 12.1 Å². The van der Waals surface area contributed by atoms with Gasteiger partial charge >= 0.3 is 0 Å². The lowest BCUT2D eigenvalue weighted by Crippen LogP contribution is -2.30. The van der Waals surface area contributed by atoms with Gasteiger partial charge in [0.1, 0.15) is 11.4 Å². The predicted octanol–water partition coefficient (Wildman–Crippen LogP) is 5.79. The van der Waals surface area contributed by atoms with E-state index in [1.807, 2.05) is 48.7 Å². The van der Waals surface area contributed by atoms with Crippen LogP contribution < -0.4 is 4.90 Å². The summed E-state index contributed by atoms with van der Waals surface area (Å²) in [6.45, 7) is 2.28. The topological polar surface area (TPSA) is 33.5 Å². The molecule has 0 N–H and O–H groups in total. The molecule has 130 valence electrons. The smallest absolute Gasteiger partial charge is 0.294 e. The second-order valence-corrected chi connectivity index (χ2v) is 7.03. The van der Waals surface area contributed by atoms with Crippen LogP contribution in [0, 0.1) is 12.7 Å². The van der Waals surface area contributed by atoms with Gasteiger partial charge in [-0.2, -0.15) is 0 Å². The SMILES string of the molecule is Cc1c(C(=O)N(Cc2cccs2)c2ccc(F)cc2)oc2ccccc12. The van der Waals surface area contributed by atoms with E-state index in [1.54, 1.807) is 28.4 Å². The van der Waals surface area contributed by atoms with Crippen LogP contribution in [0.5, 0.6) is 0 Å². The molecule has 0 aliphatic heterocycles. The van der Waals surface area contributed by atoms with Gasteiger partial charge in [0.25, 0.3) is 5.91 Å². The number of fused-ring (bicyclic) bond motifs is 1. The van der Waals surface area contributed by atoms with Gasteiger partial charge in [-0.3, -0.25) is 4.79 Å². The minimum Gasteiger partial charge on any atom is -0.451 e. The summed E-state index contributed by atoms with van der Waals surface area (Å²) in [5.41, 5.74) is 2.12. The quantitative estimate of drug-likeness (QED) is 0.459. The molecule has 2 heterocycles. The van der Waals surface area contributed by atoms with E-state index >= 15 is 0 Å². The third-order valence-corrected chi connectivity index (χ3v) is 5.18. The zero-order valence-corrected chi connectivity index (χ0v) is 14.9. The first kappa shape index (κ1) is 16.5. The molecule has 2 aromatic heterocycles. The fourth-order valence-electron chi connectivity index (χ4n) is 2.96. The number of anilines is 1. The molecule has 0 radical (unpaired) electrons. The Morgan fingerprint density at radius 1 is 1.08 bits per heavy atom. The Labute approximate surface area is 154 Å². The standard InChI is InChI=1S/C21H16FNO2S/c1-14-18-6-2-3-7-19(18)25-20(14)21(24)23(13-17-5-4-12-26-17)16-10-8-15(22)9-11-16/h2-12H,13H2,1H3. The van der Waals surface area contributed by atoms with Crippen molar-refractivity contribution >= 4 is 33.9 Å². The lowest BCUT2D eigenvalue weighted by molar-refractivity contribution is 0.0960. The number of benzene rings is 2. The first-order chi connectivity index (χ1) is 12.6. The molecule has 0 unspecified atom stereocenters. The number of halogens is 1. The second-order valence-electron chi connectivity index (χ2n) is 6.00. The normalized spacial score (nSPS) is 11.0. The van der Waals surface area contributed by atoms with Crippen molar-refractivity contribution in [2.75, 3.05) is 4.90 Å². The molecule has 4 rings (SSSR count). The maximum Gasteiger partial charge on any atom is 0.294 e. The van der Waals surface area contributed by atoms with Gasteiger partial charge in [-0.05, 0) is 48.7 Å². The van der Waals surface area contributed by atoms with Crippen LogP contribution in [0.25, 0.3) is 11.0 Å². The molecule has 0 saturated carbocycles. The van der Waals surface area contributed by atoms with Crippen LogP contribution >= 0.6 is 11.3 Å². The van der Waals surface area contributed by atoms with Crippen LogP contribution in [-0.4, -0.2) is 5.91 Å². The van der Waals surface area contributed by atoms with Crippen LogP contribution in [0.4, 0.5) is 10.1 Å². The number of nitrogens with zero attached hydrogens (tertiary/aromatic N) is 1. The summed E-state index contributed by atoms with van der Waals surface area (Å²) in [7, 11) is 0. The largest absolute Gasteiger partial charge is 0.451 e. The predicted molar refractivity (Wildman–Crippen MR) is 102 cm³/mol. The average Bonchev–Trinajstić information content (AvgIpc) is 3.28. The van der Waals surface area contributed by atoms with Gasteiger partial charge < -0.3 is 9.32 Å². The van der Waals surface area contributed by atoms with Gasteiger partial charge in [0, 0.05) is 21.5 Å². The summed E-state index contributed by atoms with van der Waals surface area (Å²) in [6.07, 6.45) is 0. The molecule has 0 spiro atoms. The number of thiophene rings is 1. The highest BCUT2D eigenvalue weighted by molar-refractivity contribution is 7.09. The Kier molecular flexibility index (Phi) is 4.31. The number of rotatable bonds is 4. The van der Waals surface area contributed by atoms with E-state index in [-0.39, 0.29) is 11.7 Å². The number of carbonyl (C=O) groups excluding carboxylic acids is 1.